The van der Waals surface area contributed by atoms with Crippen molar-refractivity contribution in [3.05, 3.63) is 59.1 Å². The van der Waals surface area contributed by atoms with Crippen molar-refractivity contribution in [3.63, 3.8) is 0 Å². The van der Waals surface area contributed by atoms with Gasteiger partial charge in [-0.05, 0) is 36.4 Å². The Kier molecular flexibility index (Phi) is 6.96. The third kappa shape index (κ3) is 5.36. The first-order valence-corrected chi connectivity index (χ1v) is 9.13. The average molecular weight is 425 g/mol. The Morgan fingerprint density at radius 3 is 2.33 bits per heavy atom. The molecule has 24 heavy (non-hydrogen) atoms. The quantitative estimate of drug-likeness (QED) is 0.387. The van der Waals surface area contributed by atoms with Crippen molar-refractivity contribution in [1.29, 1.82) is 0 Å². The number of benzene rings is 2. The Labute approximate surface area is 164 Å². The summed E-state index contributed by atoms with van der Waals surface area (Å²) < 4.78 is 3.48. The molecule has 8 heteroatoms. The number of nitrogens with one attached hydrogen (secondary N) is 1. The number of hydrogen-bond donors (Lipinski definition) is 1. The van der Waals surface area contributed by atoms with E-state index in [0.29, 0.717) is 16.3 Å². The van der Waals surface area contributed by atoms with E-state index in [9.17, 15) is 4.79 Å². The molecule has 3 nitrogen and oxygen atoms in total. The lowest BCUT2D eigenvalue weighted by molar-refractivity contribution is 0.0947. The zero-order valence-corrected chi connectivity index (χ0v) is 16.3. The van der Waals surface area contributed by atoms with Crippen LogP contribution in [0.3, 0.4) is 0 Å². The van der Waals surface area contributed by atoms with Crippen molar-refractivity contribution in [3.8, 4) is 5.75 Å². The fourth-order valence-electron chi connectivity index (χ4n) is 1.86. The molecule has 128 valence electrons. The molecule has 0 spiro atoms. The molecule has 0 saturated carbocycles. The van der Waals surface area contributed by atoms with Crippen molar-refractivity contribution in [2.75, 3.05) is 7.11 Å². The molecule has 0 unspecified atom stereocenters. The second kappa shape index (κ2) is 8.54. The molecule has 0 aliphatic carbocycles. The number of carbonyl (C=O) groups is 1. The van der Waals surface area contributed by atoms with E-state index in [2.05, 4.69) is 5.32 Å². The number of para-hydroxylation sites is 1. The van der Waals surface area contributed by atoms with Crippen LogP contribution in [0.1, 0.15) is 10.4 Å². The van der Waals surface area contributed by atoms with Gasteiger partial charge < -0.3 is 10.1 Å². The molecular weight excluding hydrogens is 412 g/mol. The van der Waals surface area contributed by atoms with Crippen molar-refractivity contribution in [2.24, 2.45) is 0 Å². The number of methoxy groups -OCH3 is 1. The Bertz CT molecular complexity index is 704. The van der Waals surface area contributed by atoms with Crippen LogP contribution in [0.25, 0.3) is 0 Å². The van der Waals surface area contributed by atoms with Gasteiger partial charge in [-0.3, -0.25) is 4.79 Å². The molecule has 2 aromatic carbocycles. The molecule has 0 bridgehead atoms. The lowest BCUT2D eigenvalue weighted by Crippen LogP contribution is -2.41. The minimum absolute atomic E-state index is 0.357. The van der Waals surface area contributed by atoms with Crippen LogP contribution in [-0.4, -0.2) is 22.2 Å². The summed E-state index contributed by atoms with van der Waals surface area (Å²) in [5.41, 5.74) is 0.357. The Hall–Kier alpha value is -0.780. The second-order valence-corrected chi connectivity index (χ2v) is 8.65. The molecule has 1 amide bonds. The van der Waals surface area contributed by atoms with Gasteiger partial charge in [-0.2, -0.15) is 0 Å². The van der Waals surface area contributed by atoms with Gasteiger partial charge in [-0.15, -0.1) is 0 Å². The predicted octanol–water partition coefficient (Wildman–Crippen LogP) is 5.57. The van der Waals surface area contributed by atoms with Gasteiger partial charge in [0, 0.05) is 9.92 Å². The van der Waals surface area contributed by atoms with Gasteiger partial charge in [0.05, 0.1) is 12.7 Å². The molecule has 2 rings (SSSR count). The Morgan fingerprint density at radius 1 is 1.12 bits per heavy atom. The molecule has 0 aliphatic rings. The van der Waals surface area contributed by atoms with Gasteiger partial charge in [0.1, 0.15) is 11.1 Å². The highest BCUT2D eigenvalue weighted by Gasteiger charge is 2.35. The van der Waals surface area contributed by atoms with Crippen LogP contribution in [0.5, 0.6) is 5.75 Å². The Balaban J connectivity index is 2.20. The van der Waals surface area contributed by atoms with Gasteiger partial charge >= 0.3 is 0 Å². The van der Waals surface area contributed by atoms with Gasteiger partial charge in [0.25, 0.3) is 5.91 Å². The predicted molar refractivity (Wildman–Crippen MR) is 102 cm³/mol. The third-order valence-electron chi connectivity index (χ3n) is 2.98. The number of ether oxygens (including phenoxy) is 1. The zero-order chi connectivity index (χ0) is 17.7. The van der Waals surface area contributed by atoms with E-state index >= 15 is 0 Å². The molecule has 1 N–H and O–H groups in total. The average Bonchev–Trinajstić information content (AvgIpc) is 2.55. The molecular formula is C16H13Cl4NO2S. The number of alkyl halides is 3. The molecule has 0 fully saturated rings. The van der Waals surface area contributed by atoms with Gasteiger partial charge in [0.2, 0.25) is 3.79 Å². The SMILES string of the molecule is COc1ccccc1C(=O)N[C@H](Sc1ccc(Cl)cc1)C(Cl)(Cl)Cl. The van der Waals surface area contributed by atoms with E-state index in [0.717, 1.165) is 4.90 Å². The summed E-state index contributed by atoms with van der Waals surface area (Å²) in [6.07, 6.45) is 0. The van der Waals surface area contributed by atoms with E-state index in [1.54, 1.807) is 48.5 Å². The van der Waals surface area contributed by atoms with Crippen molar-refractivity contribution in [1.82, 2.24) is 5.32 Å². The Morgan fingerprint density at radius 2 is 1.75 bits per heavy atom. The summed E-state index contributed by atoms with van der Waals surface area (Å²) >= 11 is 25.1. The van der Waals surface area contributed by atoms with Crippen LogP contribution in [0.2, 0.25) is 5.02 Å². The minimum atomic E-state index is -1.71. The van der Waals surface area contributed by atoms with Crippen molar-refractivity contribution >= 4 is 64.1 Å². The van der Waals surface area contributed by atoms with Gasteiger partial charge in [0.15, 0.2) is 0 Å². The number of amides is 1. The summed E-state index contributed by atoms with van der Waals surface area (Å²) in [6.45, 7) is 0. The highest BCUT2D eigenvalue weighted by atomic mass is 35.6. The van der Waals surface area contributed by atoms with Crippen LogP contribution in [0.15, 0.2) is 53.4 Å². The first kappa shape index (κ1) is 19.5. The largest absolute Gasteiger partial charge is 0.496 e. The maximum atomic E-state index is 12.5. The van der Waals surface area contributed by atoms with E-state index < -0.39 is 15.1 Å². The standard InChI is InChI=1S/C16H13Cl4NO2S/c1-23-13-5-3-2-4-12(13)14(22)21-15(16(18,19)20)24-11-8-6-10(17)7-9-11/h2-9,15H,1H3,(H,21,22)/t15-/m1/s1. The zero-order valence-electron chi connectivity index (χ0n) is 12.4. The van der Waals surface area contributed by atoms with E-state index in [4.69, 9.17) is 51.1 Å². The maximum absolute atomic E-state index is 12.5. The van der Waals surface area contributed by atoms with Crippen molar-refractivity contribution in [2.45, 2.75) is 14.1 Å². The van der Waals surface area contributed by atoms with E-state index in [-0.39, 0.29) is 0 Å². The van der Waals surface area contributed by atoms with Crippen LogP contribution in [-0.2, 0) is 0 Å². The monoisotopic (exact) mass is 423 g/mol. The molecule has 2 aromatic rings. The second-order valence-electron chi connectivity index (χ2n) is 4.67. The maximum Gasteiger partial charge on any atom is 0.256 e. The molecule has 0 radical (unpaired) electrons. The van der Waals surface area contributed by atoms with Crippen LogP contribution >= 0.6 is 58.2 Å². The normalized spacial score (nSPS) is 12.5. The van der Waals surface area contributed by atoms with Crippen LogP contribution < -0.4 is 10.1 Å². The van der Waals surface area contributed by atoms with E-state index in [1.807, 2.05) is 0 Å². The molecule has 0 saturated heterocycles. The number of halogens is 4. The van der Waals surface area contributed by atoms with E-state index in [1.165, 1.54) is 18.9 Å². The topological polar surface area (TPSA) is 38.3 Å². The van der Waals surface area contributed by atoms with Gasteiger partial charge in [-0.1, -0.05) is 70.3 Å². The molecule has 0 heterocycles. The first-order valence-electron chi connectivity index (χ1n) is 6.74. The van der Waals surface area contributed by atoms with Crippen LogP contribution in [0.4, 0.5) is 0 Å². The molecule has 1 atom stereocenters. The lowest BCUT2D eigenvalue weighted by Gasteiger charge is -2.25. The highest BCUT2D eigenvalue weighted by molar-refractivity contribution is 8.00. The lowest BCUT2D eigenvalue weighted by atomic mass is 10.2. The van der Waals surface area contributed by atoms with Crippen LogP contribution in [0, 0.1) is 0 Å². The summed E-state index contributed by atoms with van der Waals surface area (Å²) in [6, 6.07) is 13.8. The first-order chi connectivity index (χ1) is 11.3. The number of rotatable bonds is 5. The minimum Gasteiger partial charge on any atom is -0.496 e. The molecule has 0 aliphatic heterocycles. The molecule has 0 aromatic heterocycles. The van der Waals surface area contributed by atoms with Gasteiger partial charge in [-0.25, -0.2) is 0 Å². The highest BCUT2D eigenvalue weighted by Crippen LogP contribution is 2.39. The summed E-state index contributed by atoms with van der Waals surface area (Å²) in [5, 5.41) is 2.52. The number of carbonyl (C=O) groups excluding carboxylic acids is 1. The summed E-state index contributed by atoms with van der Waals surface area (Å²) in [5.74, 6) is 0.0415. The fourth-order valence-corrected chi connectivity index (χ4v) is 3.41. The smallest absolute Gasteiger partial charge is 0.256 e. The number of thioether (sulfide) groups is 1. The number of hydrogen-bond acceptors (Lipinski definition) is 3. The summed E-state index contributed by atoms with van der Waals surface area (Å²) in [7, 11) is 1.49. The third-order valence-corrected chi connectivity index (χ3v) is 5.52. The summed E-state index contributed by atoms with van der Waals surface area (Å²) in [4.78, 5) is 13.3. The fraction of sp³-hybridized carbons (Fsp3) is 0.188. The van der Waals surface area contributed by atoms with Crippen molar-refractivity contribution < 1.29 is 9.53 Å².